The lowest BCUT2D eigenvalue weighted by molar-refractivity contribution is 0.0696. The highest BCUT2D eigenvalue weighted by atomic mass is 32.2. The van der Waals surface area contributed by atoms with Crippen LogP contribution in [0.3, 0.4) is 0 Å². The number of hydrogen-bond acceptors (Lipinski definition) is 5. The van der Waals surface area contributed by atoms with Gasteiger partial charge in [0.25, 0.3) is 5.91 Å². The monoisotopic (exact) mass is 403 g/mol. The van der Waals surface area contributed by atoms with Crippen LogP contribution in [-0.2, 0) is 10.0 Å². The highest BCUT2D eigenvalue weighted by Crippen LogP contribution is 2.19. The van der Waals surface area contributed by atoms with Crippen molar-refractivity contribution in [1.29, 1.82) is 0 Å². The second kappa shape index (κ2) is 8.09. The maximum atomic E-state index is 12.7. The molecule has 0 unspecified atom stereocenters. The molecule has 1 aliphatic heterocycles. The number of carbonyl (C=O) groups is 2. The van der Waals surface area contributed by atoms with E-state index < -0.39 is 21.9 Å². The number of hydrogen-bond donors (Lipinski definition) is 2. The molecular weight excluding hydrogens is 382 g/mol. The SMILES string of the molecule is CN1CCN(S(=O)(=O)c2ccc(C(=O)Nc3cccc(C(=O)O)c3)cc2)CC1. The lowest BCUT2D eigenvalue weighted by Crippen LogP contribution is -2.47. The van der Waals surface area contributed by atoms with Crippen LogP contribution in [0, 0.1) is 0 Å². The molecule has 1 aliphatic rings. The summed E-state index contributed by atoms with van der Waals surface area (Å²) < 4.78 is 26.9. The van der Waals surface area contributed by atoms with Gasteiger partial charge in [-0.3, -0.25) is 4.79 Å². The van der Waals surface area contributed by atoms with E-state index in [0.717, 1.165) is 0 Å². The number of benzene rings is 2. The number of piperazine rings is 1. The molecule has 148 valence electrons. The zero-order chi connectivity index (χ0) is 20.3. The molecule has 2 N–H and O–H groups in total. The fourth-order valence-corrected chi connectivity index (χ4v) is 4.31. The molecule has 0 aromatic heterocycles. The number of anilines is 1. The fourth-order valence-electron chi connectivity index (χ4n) is 2.89. The van der Waals surface area contributed by atoms with Gasteiger partial charge in [0.1, 0.15) is 0 Å². The summed E-state index contributed by atoms with van der Waals surface area (Å²) in [6.07, 6.45) is 0. The molecule has 8 nitrogen and oxygen atoms in total. The topological polar surface area (TPSA) is 107 Å². The van der Waals surface area contributed by atoms with E-state index in [2.05, 4.69) is 10.2 Å². The van der Waals surface area contributed by atoms with Crippen LogP contribution >= 0.6 is 0 Å². The first-order valence-corrected chi connectivity index (χ1v) is 10.1. The summed E-state index contributed by atoms with van der Waals surface area (Å²) in [5.74, 6) is -1.54. The molecule has 1 heterocycles. The van der Waals surface area contributed by atoms with Crippen LogP contribution in [0.25, 0.3) is 0 Å². The largest absolute Gasteiger partial charge is 0.478 e. The summed E-state index contributed by atoms with van der Waals surface area (Å²) in [5.41, 5.74) is 0.684. The molecule has 9 heteroatoms. The Bertz CT molecular complexity index is 981. The quantitative estimate of drug-likeness (QED) is 0.785. The minimum absolute atomic E-state index is 0.0615. The molecule has 0 atom stereocenters. The Hall–Kier alpha value is -2.75. The van der Waals surface area contributed by atoms with Crippen molar-refractivity contribution in [2.45, 2.75) is 4.90 Å². The first kappa shape index (κ1) is 20.0. The molecule has 2 aromatic carbocycles. The number of carboxylic acid groups (broad SMARTS) is 1. The van der Waals surface area contributed by atoms with Crippen LogP contribution < -0.4 is 5.32 Å². The lowest BCUT2D eigenvalue weighted by Gasteiger charge is -2.31. The van der Waals surface area contributed by atoms with Gasteiger partial charge in [-0.25, -0.2) is 13.2 Å². The van der Waals surface area contributed by atoms with Gasteiger partial charge in [0.05, 0.1) is 10.5 Å². The summed E-state index contributed by atoms with van der Waals surface area (Å²) in [7, 11) is -1.64. The highest BCUT2D eigenvalue weighted by molar-refractivity contribution is 7.89. The molecule has 0 aliphatic carbocycles. The van der Waals surface area contributed by atoms with Gasteiger partial charge in [-0.1, -0.05) is 6.07 Å². The van der Waals surface area contributed by atoms with E-state index in [1.807, 2.05) is 7.05 Å². The lowest BCUT2D eigenvalue weighted by atomic mass is 10.2. The summed E-state index contributed by atoms with van der Waals surface area (Å²) in [5, 5.41) is 11.6. The van der Waals surface area contributed by atoms with Crippen molar-refractivity contribution in [3.63, 3.8) is 0 Å². The molecule has 0 bridgehead atoms. The Morgan fingerprint density at radius 3 is 2.21 bits per heavy atom. The third-order valence-electron chi connectivity index (χ3n) is 4.58. The van der Waals surface area contributed by atoms with Crippen LogP contribution in [0.2, 0.25) is 0 Å². The Morgan fingerprint density at radius 2 is 1.61 bits per heavy atom. The second-order valence-corrected chi connectivity index (χ2v) is 8.51. The fraction of sp³-hybridized carbons (Fsp3) is 0.263. The van der Waals surface area contributed by atoms with E-state index in [4.69, 9.17) is 5.11 Å². The van der Waals surface area contributed by atoms with Crippen LogP contribution in [0.4, 0.5) is 5.69 Å². The van der Waals surface area contributed by atoms with E-state index >= 15 is 0 Å². The van der Waals surface area contributed by atoms with Crippen molar-refractivity contribution < 1.29 is 23.1 Å². The van der Waals surface area contributed by atoms with E-state index in [0.29, 0.717) is 31.9 Å². The number of likely N-dealkylation sites (N-methyl/N-ethyl adjacent to an activating group) is 1. The van der Waals surface area contributed by atoms with Crippen molar-refractivity contribution in [1.82, 2.24) is 9.21 Å². The molecule has 1 amide bonds. The van der Waals surface area contributed by atoms with Gasteiger partial charge in [0.15, 0.2) is 0 Å². The predicted octanol–water partition coefficient (Wildman–Crippen LogP) is 1.57. The Labute approximate surface area is 163 Å². The molecule has 0 radical (unpaired) electrons. The molecule has 0 saturated carbocycles. The summed E-state index contributed by atoms with van der Waals surface area (Å²) in [6.45, 7) is 2.21. The van der Waals surface area contributed by atoms with Crippen LogP contribution in [-0.4, -0.2) is 67.8 Å². The molecule has 0 spiro atoms. The first-order chi connectivity index (χ1) is 13.3. The number of nitrogens with one attached hydrogen (secondary N) is 1. The summed E-state index contributed by atoms with van der Waals surface area (Å²) in [6, 6.07) is 11.6. The van der Waals surface area contributed by atoms with Crippen molar-refractivity contribution in [2.75, 3.05) is 38.5 Å². The summed E-state index contributed by atoms with van der Waals surface area (Å²) in [4.78, 5) is 25.6. The Balaban J connectivity index is 1.72. The van der Waals surface area contributed by atoms with Crippen LogP contribution in [0.15, 0.2) is 53.4 Å². The summed E-state index contributed by atoms with van der Waals surface area (Å²) >= 11 is 0. The first-order valence-electron chi connectivity index (χ1n) is 8.71. The normalized spacial score (nSPS) is 15.9. The van der Waals surface area contributed by atoms with Gasteiger partial charge in [-0.2, -0.15) is 4.31 Å². The standard InChI is InChI=1S/C19H21N3O5S/c1-21-9-11-22(12-10-21)28(26,27)17-7-5-14(6-8-17)18(23)20-16-4-2-3-15(13-16)19(24)25/h2-8,13H,9-12H2,1H3,(H,20,23)(H,24,25). The number of sulfonamides is 1. The van der Waals surface area contributed by atoms with E-state index in [1.165, 1.54) is 46.8 Å². The second-order valence-electron chi connectivity index (χ2n) is 6.57. The van der Waals surface area contributed by atoms with Crippen molar-refractivity contribution in [2.24, 2.45) is 0 Å². The van der Waals surface area contributed by atoms with Gasteiger partial charge in [0, 0.05) is 37.4 Å². The zero-order valence-electron chi connectivity index (χ0n) is 15.3. The predicted molar refractivity (Wildman–Crippen MR) is 104 cm³/mol. The number of nitrogens with zero attached hydrogens (tertiary/aromatic N) is 2. The zero-order valence-corrected chi connectivity index (χ0v) is 16.1. The molecule has 3 rings (SSSR count). The van der Waals surface area contributed by atoms with Crippen molar-refractivity contribution >= 4 is 27.6 Å². The minimum Gasteiger partial charge on any atom is -0.478 e. The van der Waals surface area contributed by atoms with Crippen molar-refractivity contribution in [3.8, 4) is 0 Å². The molecule has 2 aromatic rings. The maximum absolute atomic E-state index is 12.7. The molecule has 1 saturated heterocycles. The van der Waals surface area contributed by atoms with Crippen molar-refractivity contribution in [3.05, 3.63) is 59.7 Å². The van der Waals surface area contributed by atoms with Crippen LogP contribution in [0.5, 0.6) is 0 Å². The van der Waals surface area contributed by atoms with Crippen LogP contribution in [0.1, 0.15) is 20.7 Å². The van der Waals surface area contributed by atoms with E-state index in [1.54, 1.807) is 6.07 Å². The average molecular weight is 403 g/mol. The smallest absolute Gasteiger partial charge is 0.335 e. The molecule has 1 fully saturated rings. The molecular formula is C19H21N3O5S. The number of carboxylic acids is 1. The third kappa shape index (κ3) is 4.38. The Morgan fingerprint density at radius 1 is 0.964 bits per heavy atom. The maximum Gasteiger partial charge on any atom is 0.335 e. The van der Waals surface area contributed by atoms with Gasteiger partial charge in [-0.15, -0.1) is 0 Å². The highest BCUT2D eigenvalue weighted by Gasteiger charge is 2.27. The van der Waals surface area contributed by atoms with Gasteiger partial charge in [0.2, 0.25) is 10.0 Å². The number of rotatable bonds is 5. The average Bonchev–Trinajstić information content (AvgIpc) is 2.68. The number of carbonyl (C=O) groups excluding carboxylic acids is 1. The van der Waals surface area contributed by atoms with Gasteiger partial charge >= 0.3 is 5.97 Å². The third-order valence-corrected chi connectivity index (χ3v) is 6.50. The number of aromatic carboxylic acids is 1. The Kier molecular flexibility index (Phi) is 5.78. The van der Waals surface area contributed by atoms with E-state index in [9.17, 15) is 18.0 Å². The molecule has 28 heavy (non-hydrogen) atoms. The number of amides is 1. The van der Waals surface area contributed by atoms with Gasteiger partial charge < -0.3 is 15.3 Å². The van der Waals surface area contributed by atoms with E-state index in [-0.39, 0.29) is 16.0 Å². The minimum atomic E-state index is -3.59. The van der Waals surface area contributed by atoms with Gasteiger partial charge in [-0.05, 0) is 49.5 Å².